The van der Waals surface area contributed by atoms with E-state index in [1.165, 1.54) is 32.0 Å². The van der Waals surface area contributed by atoms with Crippen molar-refractivity contribution >= 4 is 34.9 Å². The number of ether oxygens (including phenoxy) is 1. The van der Waals surface area contributed by atoms with Crippen LogP contribution in [0.25, 0.3) is 0 Å². The van der Waals surface area contributed by atoms with Crippen molar-refractivity contribution in [3.05, 3.63) is 64.7 Å². The SMILES string of the molecule is CC(=O)CCC(=O)O[C@H](C)C(=O)Nc1ccc2c(c1)C(=O)c1ccccc1C2=O. The van der Waals surface area contributed by atoms with Gasteiger partial charge in [-0.05, 0) is 32.0 Å². The van der Waals surface area contributed by atoms with E-state index in [4.69, 9.17) is 4.74 Å². The Balaban J connectivity index is 1.72. The van der Waals surface area contributed by atoms with Gasteiger partial charge < -0.3 is 14.8 Å². The van der Waals surface area contributed by atoms with Crippen LogP contribution in [0.1, 0.15) is 58.5 Å². The maximum absolute atomic E-state index is 12.7. The highest BCUT2D eigenvalue weighted by atomic mass is 16.5. The lowest BCUT2D eigenvalue weighted by atomic mass is 9.84. The highest BCUT2D eigenvalue weighted by molar-refractivity contribution is 6.28. The molecule has 0 aromatic heterocycles. The Bertz CT molecular complexity index is 1040. The molecule has 1 aliphatic carbocycles. The summed E-state index contributed by atoms with van der Waals surface area (Å²) in [5.41, 5.74) is 1.46. The van der Waals surface area contributed by atoms with Crippen LogP contribution in [0.2, 0.25) is 0 Å². The van der Waals surface area contributed by atoms with Crippen LogP contribution >= 0.6 is 0 Å². The predicted molar refractivity (Wildman–Crippen MR) is 104 cm³/mol. The average molecular weight is 393 g/mol. The van der Waals surface area contributed by atoms with Crippen molar-refractivity contribution in [2.24, 2.45) is 0 Å². The van der Waals surface area contributed by atoms with Gasteiger partial charge in [0, 0.05) is 34.4 Å². The number of esters is 1. The van der Waals surface area contributed by atoms with Crippen molar-refractivity contribution in [1.82, 2.24) is 0 Å². The zero-order chi connectivity index (χ0) is 21.1. The van der Waals surface area contributed by atoms with Crippen molar-refractivity contribution in [3.63, 3.8) is 0 Å². The fraction of sp³-hybridized carbons (Fsp3) is 0.227. The fourth-order valence-corrected chi connectivity index (χ4v) is 3.01. The first kappa shape index (κ1) is 20.1. The molecular weight excluding hydrogens is 374 g/mol. The molecule has 1 aliphatic rings. The third kappa shape index (κ3) is 4.29. The van der Waals surface area contributed by atoms with Crippen LogP contribution < -0.4 is 5.32 Å². The summed E-state index contributed by atoms with van der Waals surface area (Å²) in [6, 6.07) is 11.0. The zero-order valence-electron chi connectivity index (χ0n) is 16.0. The Hall–Kier alpha value is -3.61. The van der Waals surface area contributed by atoms with E-state index in [1.807, 2.05) is 0 Å². The predicted octanol–water partition coefficient (Wildman–Crippen LogP) is 2.70. The normalized spacial score (nSPS) is 13.2. The van der Waals surface area contributed by atoms with Crippen LogP contribution in [0.4, 0.5) is 5.69 Å². The first-order chi connectivity index (χ1) is 13.8. The first-order valence-corrected chi connectivity index (χ1v) is 9.10. The van der Waals surface area contributed by atoms with Gasteiger partial charge >= 0.3 is 5.97 Å². The molecule has 0 radical (unpaired) electrons. The molecule has 0 fully saturated rings. The summed E-state index contributed by atoms with van der Waals surface area (Å²) >= 11 is 0. The highest BCUT2D eigenvalue weighted by Gasteiger charge is 2.29. The molecule has 0 spiro atoms. The molecule has 1 amide bonds. The molecule has 29 heavy (non-hydrogen) atoms. The molecule has 0 heterocycles. The van der Waals surface area contributed by atoms with Crippen molar-refractivity contribution in [1.29, 1.82) is 0 Å². The maximum atomic E-state index is 12.7. The number of ketones is 3. The molecule has 0 aliphatic heterocycles. The molecule has 2 aromatic rings. The lowest BCUT2D eigenvalue weighted by Gasteiger charge is -2.19. The standard InChI is InChI=1S/C22H19NO6/c1-12(24)7-10-19(25)29-13(2)22(28)23-14-8-9-17-18(11-14)21(27)16-6-4-3-5-15(16)20(17)26/h3-6,8-9,11,13H,7,10H2,1-2H3,(H,23,28)/t13-/m1/s1. The Morgan fingerprint density at radius 3 is 2.10 bits per heavy atom. The number of hydrogen-bond donors (Lipinski definition) is 1. The number of Topliss-reactive ketones (excluding diaryl/α,β-unsaturated/α-hetero) is 1. The minimum absolute atomic E-state index is 0.0512. The Labute approximate surface area is 167 Å². The molecule has 3 rings (SSSR count). The average Bonchev–Trinajstić information content (AvgIpc) is 2.70. The van der Waals surface area contributed by atoms with Crippen LogP contribution in [0.15, 0.2) is 42.5 Å². The number of benzene rings is 2. The second-order valence-electron chi connectivity index (χ2n) is 6.79. The summed E-state index contributed by atoms with van der Waals surface area (Å²) in [4.78, 5) is 60.2. The van der Waals surface area contributed by atoms with Crippen molar-refractivity contribution in [2.75, 3.05) is 5.32 Å². The highest BCUT2D eigenvalue weighted by Crippen LogP contribution is 2.29. The molecule has 0 saturated heterocycles. The summed E-state index contributed by atoms with van der Waals surface area (Å²) in [6.07, 6.45) is -1.12. The lowest BCUT2D eigenvalue weighted by Crippen LogP contribution is -2.30. The van der Waals surface area contributed by atoms with Gasteiger partial charge in [0.05, 0.1) is 6.42 Å². The molecule has 7 heteroatoms. The van der Waals surface area contributed by atoms with Crippen LogP contribution in [0.3, 0.4) is 0 Å². The van der Waals surface area contributed by atoms with Crippen LogP contribution in [0.5, 0.6) is 0 Å². The van der Waals surface area contributed by atoms with Gasteiger partial charge in [0.15, 0.2) is 17.7 Å². The molecular formula is C22H19NO6. The van der Waals surface area contributed by atoms with Gasteiger partial charge in [-0.2, -0.15) is 0 Å². The van der Waals surface area contributed by atoms with E-state index in [1.54, 1.807) is 24.3 Å². The van der Waals surface area contributed by atoms with Crippen molar-refractivity contribution < 1.29 is 28.7 Å². The fourth-order valence-electron chi connectivity index (χ4n) is 3.01. The van der Waals surface area contributed by atoms with Crippen molar-refractivity contribution in [2.45, 2.75) is 32.8 Å². The number of rotatable bonds is 6. The van der Waals surface area contributed by atoms with Crippen LogP contribution in [0, 0.1) is 0 Å². The summed E-state index contributed by atoms with van der Waals surface area (Å²) in [5, 5.41) is 2.57. The minimum Gasteiger partial charge on any atom is -0.453 e. The molecule has 7 nitrogen and oxygen atoms in total. The Kier molecular flexibility index (Phi) is 5.68. The topological polar surface area (TPSA) is 107 Å². The van der Waals surface area contributed by atoms with Gasteiger partial charge in [-0.15, -0.1) is 0 Å². The first-order valence-electron chi connectivity index (χ1n) is 9.10. The summed E-state index contributed by atoms with van der Waals surface area (Å²) in [6.45, 7) is 2.77. The molecule has 1 atom stereocenters. The smallest absolute Gasteiger partial charge is 0.307 e. The maximum Gasteiger partial charge on any atom is 0.307 e. The van der Waals surface area contributed by atoms with Gasteiger partial charge in [0.2, 0.25) is 0 Å². The number of anilines is 1. The van der Waals surface area contributed by atoms with Crippen molar-refractivity contribution in [3.8, 4) is 0 Å². The lowest BCUT2D eigenvalue weighted by molar-refractivity contribution is -0.153. The van der Waals surface area contributed by atoms with E-state index in [0.29, 0.717) is 16.8 Å². The zero-order valence-corrected chi connectivity index (χ0v) is 16.0. The Morgan fingerprint density at radius 2 is 1.48 bits per heavy atom. The molecule has 2 aromatic carbocycles. The monoisotopic (exact) mass is 393 g/mol. The quantitative estimate of drug-likeness (QED) is 0.646. The largest absolute Gasteiger partial charge is 0.453 e. The van der Waals surface area contributed by atoms with Crippen LogP contribution in [-0.2, 0) is 19.1 Å². The number of carbonyl (C=O) groups excluding carboxylic acids is 5. The van der Waals surface area contributed by atoms with E-state index < -0.39 is 18.0 Å². The molecule has 0 unspecified atom stereocenters. The van der Waals surface area contributed by atoms with E-state index in [0.717, 1.165) is 0 Å². The third-order valence-corrected chi connectivity index (χ3v) is 4.55. The van der Waals surface area contributed by atoms with E-state index in [9.17, 15) is 24.0 Å². The van der Waals surface area contributed by atoms with E-state index in [-0.39, 0.29) is 41.3 Å². The summed E-state index contributed by atoms with van der Waals surface area (Å²) in [7, 11) is 0. The number of amides is 1. The third-order valence-electron chi connectivity index (χ3n) is 4.55. The number of hydrogen-bond acceptors (Lipinski definition) is 6. The molecule has 1 N–H and O–H groups in total. The van der Waals surface area contributed by atoms with Crippen LogP contribution in [-0.4, -0.2) is 35.3 Å². The second kappa shape index (κ2) is 8.18. The minimum atomic E-state index is -1.08. The summed E-state index contributed by atoms with van der Waals surface area (Å²) in [5.74, 6) is -1.92. The van der Waals surface area contributed by atoms with Gasteiger partial charge in [0.1, 0.15) is 5.78 Å². The Morgan fingerprint density at radius 1 is 0.897 bits per heavy atom. The van der Waals surface area contributed by atoms with Gasteiger partial charge in [0.25, 0.3) is 5.91 Å². The number of nitrogens with one attached hydrogen (secondary N) is 1. The number of fused-ring (bicyclic) bond motifs is 2. The van der Waals surface area contributed by atoms with Gasteiger partial charge in [-0.25, -0.2) is 0 Å². The molecule has 0 bridgehead atoms. The van der Waals surface area contributed by atoms with Gasteiger partial charge in [-0.3, -0.25) is 19.2 Å². The second-order valence-corrected chi connectivity index (χ2v) is 6.79. The molecule has 148 valence electrons. The van der Waals surface area contributed by atoms with E-state index >= 15 is 0 Å². The summed E-state index contributed by atoms with van der Waals surface area (Å²) < 4.78 is 5.01. The number of carbonyl (C=O) groups is 5. The molecule has 0 saturated carbocycles. The van der Waals surface area contributed by atoms with Gasteiger partial charge in [-0.1, -0.05) is 24.3 Å². The van der Waals surface area contributed by atoms with E-state index in [2.05, 4.69) is 5.32 Å².